The second-order valence-electron chi connectivity index (χ2n) is 7.23. The average Bonchev–Trinajstić information content (AvgIpc) is 2.64. The minimum atomic E-state index is -0.959. The zero-order valence-electron chi connectivity index (χ0n) is 16.7. The van der Waals surface area contributed by atoms with Gasteiger partial charge in [0.15, 0.2) is 5.16 Å². The molecule has 28 heavy (non-hydrogen) atoms. The lowest BCUT2D eigenvalue weighted by atomic mass is 9.90. The van der Waals surface area contributed by atoms with Gasteiger partial charge < -0.3 is 5.32 Å². The highest BCUT2D eigenvalue weighted by molar-refractivity contribution is 8.00. The van der Waals surface area contributed by atoms with Gasteiger partial charge in [-0.1, -0.05) is 44.1 Å². The first-order chi connectivity index (χ1) is 13.1. The van der Waals surface area contributed by atoms with Gasteiger partial charge in [0, 0.05) is 11.6 Å². The molecule has 6 nitrogen and oxygen atoms in total. The summed E-state index contributed by atoms with van der Waals surface area (Å²) in [6, 6.07) is 7.16. The van der Waals surface area contributed by atoms with Gasteiger partial charge in [-0.3, -0.25) is 14.2 Å². The smallest absolute Gasteiger partial charge is 0.262 e. The number of amides is 1. The first-order valence-electron chi connectivity index (χ1n) is 9.23. The van der Waals surface area contributed by atoms with Gasteiger partial charge in [-0.15, -0.1) is 0 Å². The molecular weight excluding hydrogens is 396 g/mol. The van der Waals surface area contributed by atoms with Gasteiger partial charge in [0.25, 0.3) is 5.56 Å². The first kappa shape index (κ1) is 22.3. The van der Waals surface area contributed by atoms with Crippen molar-refractivity contribution in [2.75, 3.05) is 0 Å². The van der Waals surface area contributed by atoms with Crippen LogP contribution in [0.15, 0.2) is 28.2 Å². The summed E-state index contributed by atoms with van der Waals surface area (Å²) in [6.07, 6.45) is 0.759. The van der Waals surface area contributed by atoms with E-state index in [4.69, 9.17) is 11.6 Å². The monoisotopic (exact) mass is 420 g/mol. The quantitative estimate of drug-likeness (QED) is 0.540. The number of nitriles is 1. The van der Waals surface area contributed by atoms with Crippen molar-refractivity contribution >= 4 is 40.2 Å². The summed E-state index contributed by atoms with van der Waals surface area (Å²) in [6.45, 7) is 9.69. The normalized spacial score (nSPS) is 14.5. The van der Waals surface area contributed by atoms with Crippen LogP contribution in [-0.2, 0) is 11.3 Å². The van der Waals surface area contributed by atoms with Crippen molar-refractivity contribution in [2.24, 2.45) is 5.92 Å². The van der Waals surface area contributed by atoms with Crippen LogP contribution >= 0.6 is 23.4 Å². The van der Waals surface area contributed by atoms with E-state index in [0.29, 0.717) is 27.6 Å². The minimum Gasteiger partial charge on any atom is -0.337 e. The Morgan fingerprint density at radius 2 is 2.11 bits per heavy atom. The number of aromatic nitrogens is 2. The molecular formula is C20H25ClN4O2S. The van der Waals surface area contributed by atoms with E-state index in [2.05, 4.69) is 16.4 Å². The van der Waals surface area contributed by atoms with Crippen LogP contribution in [0.25, 0.3) is 10.9 Å². The first-order valence-corrected chi connectivity index (χ1v) is 10.5. The Hall–Kier alpha value is -2.04. The van der Waals surface area contributed by atoms with Gasteiger partial charge in [-0.25, -0.2) is 4.98 Å². The molecule has 1 heterocycles. The molecule has 2 rings (SSSR count). The summed E-state index contributed by atoms with van der Waals surface area (Å²) in [7, 11) is 0. The van der Waals surface area contributed by atoms with Crippen LogP contribution in [0, 0.1) is 17.2 Å². The molecule has 0 saturated heterocycles. The number of halogens is 1. The Labute approximate surface area is 174 Å². The molecule has 1 aromatic heterocycles. The van der Waals surface area contributed by atoms with E-state index in [9.17, 15) is 14.9 Å². The highest BCUT2D eigenvalue weighted by atomic mass is 35.5. The number of carbonyl (C=O) groups is 1. The van der Waals surface area contributed by atoms with E-state index >= 15 is 0 Å². The van der Waals surface area contributed by atoms with Gasteiger partial charge in [-0.2, -0.15) is 5.26 Å². The van der Waals surface area contributed by atoms with E-state index in [0.717, 1.165) is 6.42 Å². The Kier molecular flexibility index (Phi) is 7.13. The molecule has 0 aliphatic rings. The Morgan fingerprint density at radius 3 is 2.68 bits per heavy atom. The Balaban J connectivity index is 2.39. The van der Waals surface area contributed by atoms with Crippen LogP contribution in [0.1, 0.15) is 41.0 Å². The zero-order chi connectivity index (χ0) is 21.1. The third-order valence-electron chi connectivity index (χ3n) is 4.75. The fourth-order valence-corrected chi connectivity index (χ4v) is 3.66. The van der Waals surface area contributed by atoms with Gasteiger partial charge in [0.05, 0.1) is 22.2 Å². The average molecular weight is 421 g/mol. The number of nitrogens with one attached hydrogen (secondary N) is 1. The number of carbonyl (C=O) groups excluding carboxylic acids is 1. The number of benzene rings is 1. The molecule has 0 aliphatic carbocycles. The topological polar surface area (TPSA) is 87.8 Å². The highest BCUT2D eigenvalue weighted by Crippen LogP contribution is 2.25. The number of fused-ring (bicyclic) bond motifs is 1. The number of thioether (sulfide) groups is 1. The van der Waals surface area contributed by atoms with Crippen LogP contribution in [0.3, 0.4) is 0 Å². The Morgan fingerprint density at radius 1 is 1.43 bits per heavy atom. The predicted octanol–water partition coefficient (Wildman–Crippen LogP) is 3.99. The largest absolute Gasteiger partial charge is 0.337 e. The molecule has 150 valence electrons. The second kappa shape index (κ2) is 8.97. The van der Waals surface area contributed by atoms with E-state index in [1.807, 2.05) is 20.8 Å². The number of hydrogen-bond acceptors (Lipinski definition) is 5. The van der Waals surface area contributed by atoms with Crippen LogP contribution < -0.4 is 10.9 Å². The SMILES string of the molecule is CCCn1c(S[C@@H](C)C(=O)N[C@](C)(C#N)C(C)C)nc2cc(Cl)ccc2c1=O. The van der Waals surface area contributed by atoms with Gasteiger partial charge in [-0.05, 0) is 44.4 Å². The molecule has 0 spiro atoms. The molecule has 0 unspecified atom stereocenters. The fraction of sp³-hybridized carbons (Fsp3) is 0.500. The van der Waals surface area contributed by atoms with Crippen LogP contribution in [-0.4, -0.2) is 26.2 Å². The summed E-state index contributed by atoms with van der Waals surface area (Å²) >= 11 is 7.25. The Bertz CT molecular complexity index is 983. The fourth-order valence-electron chi connectivity index (χ4n) is 2.56. The minimum absolute atomic E-state index is 0.0437. The molecule has 1 amide bonds. The van der Waals surface area contributed by atoms with E-state index in [-0.39, 0.29) is 17.4 Å². The molecule has 1 aromatic carbocycles. The molecule has 0 aliphatic heterocycles. The maximum Gasteiger partial charge on any atom is 0.262 e. The summed E-state index contributed by atoms with van der Waals surface area (Å²) in [5.74, 6) is -0.316. The molecule has 1 N–H and O–H groups in total. The van der Waals surface area contributed by atoms with Crippen LogP contribution in [0.4, 0.5) is 0 Å². The van der Waals surface area contributed by atoms with Crippen molar-refractivity contribution in [1.82, 2.24) is 14.9 Å². The van der Waals surface area contributed by atoms with Crippen molar-refractivity contribution in [3.63, 3.8) is 0 Å². The summed E-state index contributed by atoms with van der Waals surface area (Å²) in [4.78, 5) is 30.2. The number of rotatable bonds is 7. The summed E-state index contributed by atoms with van der Waals surface area (Å²) < 4.78 is 1.59. The lowest BCUT2D eigenvalue weighted by Crippen LogP contribution is -2.51. The summed E-state index contributed by atoms with van der Waals surface area (Å²) in [5, 5.41) is 13.2. The zero-order valence-corrected chi connectivity index (χ0v) is 18.3. The van der Waals surface area contributed by atoms with Crippen molar-refractivity contribution in [3.8, 4) is 6.07 Å². The standard InChI is InChI=1S/C20H25ClN4O2S/c1-6-9-25-18(27)15-8-7-14(21)10-16(15)23-19(25)28-13(4)17(26)24-20(5,11-22)12(2)3/h7-8,10,12-13H,6,9H2,1-5H3,(H,24,26)/t13-,20+/m0/s1. The van der Waals surface area contributed by atoms with E-state index < -0.39 is 10.8 Å². The summed E-state index contributed by atoms with van der Waals surface area (Å²) in [5.41, 5.74) is -0.606. The molecule has 0 bridgehead atoms. The third kappa shape index (κ3) is 4.68. The molecule has 2 atom stereocenters. The lowest BCUT2D eigenvalue weighted by molar-refractivity contribution is -0.121. The maximum absolute atomic E-state index is 12.9. The number of nitrogens with zero attached hydrogens (tertiary/aromatic N) is 3. The van der Waals surface area contributed by atoms with Gasteiger partial charge in [0.2, 0.25) is 5.91 Å². The third-order valence-corrected chi connectivity index (χ3v) is 6.08. The molecule has 0 saturated carbocycles. The molecule has 0 radical (unpaired) electrons. The van der Waals surface area contributed by atoms with Gasteiger partial charge >= 0.3 is 0 Å². The van der Waals surface area contributed by atoms with Gasteiger partial charge in [0.1, 0.15) is 5.54 Å². The molecule has 2 aromatic rings. The predicted molar refractivity (Wildman–Crippen MR) is 114 cm³/mol. The van der Waals surface area contributed by atoms with Crippen LogP contribution in [0.5, 0.6) is 0 Å². The van der Waals surface area contributed by atoms with E-state index in [1.54, 1.807) is 36.6 Å². The van der Waals surface area contributed by atoms with E-state index in [1.165, 1.54) is 11.8 Å². The van der Waals surface area contributed by atoms with Crippen molar-refractivity contribution in [2.45, 2.75) is 63.5 Å². The van der Waals surface area contributed by atoms with Crippen molar-refractivity contribution in [1.29, 1.82) is 5.26 Å². The van der Waals surface area contributed by atoms with Crippen LogP contribution in [0.2, 0.25) is 5.02 Å². The molecule has 8 heteroatoms. The van der Waals surface area contributed by atoms with Crippen molar-refractivity contribution in [3.05, 3.63) is 33.6 Å². The van der Waals surface area contributed by atoms with Crippen molar-refractivity contribution < 1.29 is 4.79 Å². The second-order valence-corrected chi connectivity index (χ2v) is 8.98. The highest BCUT2D eigenvalue weighted by Gasteiger charge is 2.32. The maximum atomic E-state index is 12.9. The lowest BCUT2D eigenvalue weighted by Gasteiger charge is -2.28. The molecule has 0 fully saturated rings. The number of hydrogen-bond donors (Lipinski definition) is 1.